The number of rotatable bonds is 8. The fourth-order valence-corrected chi connectivity index (χ4v) is 3.39. The molecule has 0 aliphatic rings. The molecule has 8 heteroatoms. The Labute approximate surface area is 195 Å². The Kier molecular flexibility index (Phi) is 6.90. The highest BCUT2D eigenvalue weighted by Gasteiger charge is 2.12. The molecular formula is C25H21ClFN3O3. The van der Waals surface area contributed by atoms with E-state index in [4.69, 9.17) is 21.1 Å². The van der Waals surface area contributed by atoms with Crippen LogP contribution in [-0.4, -0.2) is 22.8 Å². The van der Waals surface area contributed by atoms with Gasteiger partial charge in [-0.1, -0.05) is 23.7 Å². The lowest BCUT2D eigenvalue weighted by atomic mass is 10.1. The van der Waals surface area contributed by atoms with E-state index in [1.165, 1.54) is 12.1 Å². The van der Waals surface area contributed by atoms with Crippen molar-refractivity contribution in [3.63, 3.8) is 0 Å². The molecule has 1 aromatic heterocycles. The largest absolute Gasteiger partial charge is 0.496 e. The Morgan fingerprint density at radius 3 is 2.70 bits per heavy atom. The maximum absolute atomic E-state index is 13.4. The third kappa shape index (κ3) is 5.90. The zero-order valence-electron chi connectivity index (χ0n) is 17.8. The van der Waals surface area contributed by atoms with E-state index in [0.717, 1.165) is 11.1 Å². The molecule has 0 fully saturated rings. The topological polar surface area (TPSA) is 65.4 Å². The molecule has 3 aromatic carbocycles. The lowest BCUT2D eigenvalue weighted by Gasteiger charge is -2.12. The summed E-state index contributed by atoms with van der Waals surface area (Å²) in [7, 11) is 1.56. The minimum atomic E-state index is -0.302. The zero-order valence-corrected chi connectivity index (χ0v) is 18.6. The number of carbonyl (C=O) groups excluding carboxylic acids is 1. The second-order valence-electron chi connectivity index (χ2n) is 7.28. The predicted octanol–water partition coefficient (Wildman–Crippen LogP) is 5.56. The minimum absolute atomic E-state index is 0.220. The standard InChI is InChI=1S/C25H21ClFN3O3/c1-32-24-10-5-18(12-19(24)16-33-23-8-6-20(26)7-9-23)25(31)29-22-13-28-30(15-22)14-17-3-2-4-21(27)11-17/h2-13,15H,14,16H2,1H3,(H,29,31). The second-order valence-corrected chi connectivity index (χ2v) is 7.72. The molecule has 4 rings (SSSR count). The van der Waals surface area contributed by atoms with Gasteiger partial charge in [0.1, 0.15) is 23.9 Å². The summed E-state index contributed by atoms with van der Waals surface area (Å²) in [6, 6.07) is 18.5. The molecule has 0 unspecified atom stereocenters. The normalized spacial score (nSPS) is 10.6. The first-order valence-corrected chi connectivity index (χ1v) is 10.5. The van der Waals surface area contributed by atoms with Crippen LogP contribution in [0.2, 0.25) is 5.02 Å². The summed E-state index contributed by atoms with van der Waals surface area (Å²) >= 11 is 5.91. The molecule has 1 heterocycles. The molecule has 168 valence electrons. The number of methoxy groups -OCH3 is 1. The lowest BCUT2D eigenvalue weighted by molar-refractivity contribution is 0.102. The number of amides is 1. The van der Waals surface area contributed by atoms with E-state index < -0.39 is 0 Å². The van der Waals surface area contributed by atoms with Crippen LogP contribution in [0.4, 0.5) is 10.1 Å². The number of anilines is 1. The molecule has 0 atom stereocenters. The van der Waals surface area contributed by atoms with Crippen molar-refractivity contribution in [2.24, 2.45) is 0 Å². The zero-order chi connectivity index (χ0) is 23.2. The molecule has 6 nitrogen and oxygen atoms in total. The fraction of sp³-hybridized carbons (Fsp3) is 0.120. The summed E-state index contributed by atoms with van der Waals surface area (Å²) in [4.78, 5) is 12.8. The summed E-state index contributed by atoms with van der Waals surface area (Å²) in [5.74, 6) is 0.671. The molecule has 4 aromatic rings. The highest BCUT2D eigenvalue weighted by Crippen LogP contribution is 2.24. The Morgan fingerprint density at radius 1 is 1.12 bits per heavy atom. The number of ether oxygens (including phenoxy) is 2. The lowest BCUT2D eigenvalue weighted by Crippen LogP contribution is -2.12. The van der Waals surface area contributed by atoms with Crippen LogP contribution < -0.4 is 14.8 Å². The monoisotopic (exact) mass is 465 g/mol. The van der Waals surface area contributed by atoms with E-state index in [1.54, 1.807) is 72.7 Å². The number of hydrogen-bond donors (Lipinski definition) is 1. The second kappa shape index (κ2) is 10.2. The highest BCUT2D eigenvalue weighted by atomic mass is 35.5. The van der Waals surface area contributed by atoms with Crippen molar-refractivity contribution in [1.29, 1.82) is 0 Å². The average Bonchev–Trinajstić information content (AvgIpc) is 3.25. The van der Waals surface area contributed by atoms with E-state index in [-0.39, 0.29) is 18.3 Å². The van der Waals surface area contributed by atoms with E-state index in [2.05, 4.69) is 10.4 Å². The van der Waals surface area contributed by atoms with Crippen molar-refractivity contribution in [3.05, 3.63) is 107 Å². The van der Waals surface area contributed by atoms with Crippen LogP contribution >= 0.6 is 11.6 Å². The van der Waals surface area contributed by atoms with Crippen molar-refractivity contribution in [3.8, 4) is 11.5 Å². The van der Waals surface area contributed by atoms with Crippen molar-refractivity contribution >= 4 is 23.2 Å². The smallest absolute Gasteiger partial charge is 0.255 e. The van der Waals surface area contributed by atoms with E-state index in [1.807, 2.05) is 6.07 Å². The van der Waals surface area contributed by atoms with Gasteiger partial charge in [-0.25, -0.2) is 4.39 Å². The van der Waals surface area contributed by atoms with E-state index in [0.29, 0.717) is 34.3 Å². The number of hydrogen-bond acceptors (Lipinski definition) is 4. The first kappa shape index (κ1) is 22.4. The number of carbonyl (C=O) groups is 1. The number of halogens is 2. The third-order valence-electron chi connectivity index (χ3n) is 4.88. The number of nitrogens with zero attached hydrogens (tertiary/aromatic N) is 2. The van der Waals surface area contributed by atoms with Gasteiger partial charge in [0.05, 0.1) is 25.5 Å². The first-order chi connectivity index (χ1) is 16.0. The molecule has 0 saturated carbocycles. The van der Waals surface area contributed by atoms with Crippen LogP contribution in [0.1, 0.15) is 21.5 Å². The van der Waals surface area contributed by atoms with Crippen molar-refractivity contribution < 1.29 is 18.7 Å². The van der Waals surface area contributed by atoms with Crippen LogP contribution in [0.5, 0.6) is 11.5 Å². The average molecular weight is 466 g/mol. The summed E-state index contributed by atoms with van der Waals surface area (Å²) in [6.45, 7) is 0.611. The molecule has 0 saturated heterocycles. The highest BCUT2D eigenvalue weighted by molar-refractivity contribution is 6.30. The first-order valence-electron chi connectivity index (χ1n) is 10.1. The molecule has 0 bridgehead atoms. The van der Waals surface area contributed by atoms with Gasteiger partial charge in [-0.3, -0.25) is 9.48 Å². The van der Waals surface area contributed by atoms with Gasteiger partial charge in [0.25, 0.3) is 5.91 Å². The number of benzene rings is 3. The van der Waals surface area contributed by atoms with Crippen LogP contribution in [0.25, 0.3) is 0 Å². The summed E-state index contributed by atoms with van der Waals surface area (Å²) in [6.07, 6.45) is 3.24. The molecular weight excluding hydrogens is 445 g/mol. The van der Waals surface area contributed by atoms with E-state index >= 15 is 0 Å². The van der Waals surface area contributed by atoms with Gasteiger partial charge < -0.3 is 14.8 Å². The van der Waals surface area contributed by atoms with Gasteiger partial charge in [-0.2, -0.15) is 5.10 Å². The Bertz CT molecular complexity index is 1260. The molecule has 1 amide bonds. The molecule has 0 radical (unpaired) electrons. The van der Waals surface area contributed by atoms with Crippen LogP contribution in [-0.2, 0) is 13.2 Å². The van der Waals surface area contributed by atoms with Crippen molar-refractivity contribution in [2.45, 2.75) is 13.2 Å². The predicted molar refractivity (Wildman–Crippen MR) is 124 cm³/mol. The number of aromatic nitrogens is 2. The van der Waals surface area contributed by atoms with Gasteiger partial charge in [0, 0.05) is 22.3 Å². The molecule has 0 aliphatic carbocycles. The van der Waals surface area contributed by atoms with Crippen molar-refractivity contribution in [1.82, 2.24) is 9.78 Å². The third-order valence-corrected chi connectivity index (χ3v) is 5.13. The van der Waals surface area contributed by atoms with Gasteiger partial charge >= 0.3 is 0 Å². The molecule has 0 aliphatic heterocycles. The Hall–Kier alpha value is -3.84. The maximum atomic E-state index is 13.4. The molecule has 0 spiro atoms. The van der Waals surface area contributed by atoms with Crippen LogP contribution in [0.3, 0.4) is 0 Å². The van der Waals surface area contributed by atoms with Gasteiger partial charge in [-0.15, -0.1) is 0 Å². The summed E-state index contributed by atoms with van der Waals surface area (Å²) in [5.41, 5.74) is 2.48. The SMILES string of the molecule is COc1ccc(C(=O)Nc2cnn(Cc3cccc(F)c3)c2)cc1COc1ccc(Cl)cc1. The molecule has 33 heavy (non-hydrogen) atoms. The van der Waals surface area contributed by atoms with E-state index in [9.17, 15) is 9.18 Å². The van der Waals surface area contributed by atoms with Gasteiger partial charge in [-0.05, 0) is 60.2 Å². The molecule has 1 N–H and O–H groups in total. The fourth-order valence-electron chi connectivity index (χ4n) is 3.26. The van der Waals surface area contributed by atoms with Gasteiger partial charge in [0.2, 0.25) is 0 Å². The minimum Gasteiger partial charge on any atom is -0.496 e. The maximum Gasteiger partial charge on any atom is 0.255 e. The Balaban J connectivity index is 1.43. The van der Waals surface area contributed by atoms with Crippen LogP contribution in [0, 0.1) is 5.82 Å². The summed E-state index contributed by atoms with van der Waals surface area (Å²) < 4.78 is 26.2. The van der Waals surface area contributed by atoms with Gasteiger partial charge in [0.15, 0.2) is 0 Å². The van der Waals surface area contributed by atoms with Crippen molar-refractivity contribution in [2.75, 3.05) is 12.4 Å². The number of nitrogens with one attached hydrogen (secondary N) is 1. The Morgan fingerprint density at radius 2 is 1.94 bits per heavy atom. The van der Waals surface area contributed by atoms with Crippen LogP contribution in [0.15, 0.2) is 79.1 Å². The quantitative estimate of drug-likeness (QED) is 0.370. The summed E-state index contributed by atoms with van der Waals surface area (Å²) in [5, 5.41) is 7.68.